The number of hydrogen-bond acceptors (Lipinski definition) is 4. The van der Waals surface area contributed by atoms with Crippen molar-refractivity contribution in [3.05, 3.63) is 48.0 Å². The number of benzene rings is 1. The number of hydrogen-bond donors (Lipinski definition) is 0. The lowest BCUT2D eigenvalue weighted by Gasteiger charge is -2.35. The van der Waals surface area contributed by atoms with Crippen LogP contribution in [-0.2, 0) is 16.1 Å². The summed E-state index contributed by atoms with van der Waals surface area (Å²) < 4.78 is 7.11. The van der Waals surface area contributed by atoms with E-state index in [0.717, 1.165) is 38.2 Å². The maximum absolute atomic E-state index is 12.5. The lowest BCUT2D eigenvalue weighted by molar-refractivity contribution is -0.136. The number of piperidine rings is 1. The molecule has 2 aromatic rings. The molecule has 0 spiro atoms. The summed E-state index contributed by atoms with van der Waals surface area (Å²) >= 11 is 0. The Bertz CT molecular complexity index is 656. The number of nitrogens with zero attached hydrogens (tertiary/aromatic N) is 4. The molecule has 1 aromatic carbocycles. The van der Waals surface area contributed by atoms with Gasteiger partial charge in [-0.15, -0.1) is 10.2 Å². The van der Waals surface area contributed by atoms with Crippen LogP contribution < -0.4 is 0 Å². The summed E-state index contributed by atoms with van der Waals surface area (Å²) in [5.74, 6) is 1.01. The second kappa shape index (κ2) is 8.06. The van der Waals surface area contributed by atoms with E-state index < -0.39 is 0 Å². The molecule has 1 aromatic heterocycles. The summed E-state index contributed by atoms with van der Waals surface area (Å²) in [5, 5.41) is 8.44. The summed E-state index contributed by atoms with van der Waals surface area (Å²) in [7, 11) is 1.62. The van der Waals surface area contributed by atoms with Crippen LogP contribution in [0.3, 0.4) is 0 Å². The van der Waals surface area contributed by atoms with Gasteiger partial charge in [0.1, 0.15) is 6.33 Å². The zero-order valence-electron chi connectivity index (χ0n) is 14.1. The average molecular weight is 328 g/mol. The van der Waals surface area contributed by atoms with Gasteiger partial charge in [-0.3, -0.25) is 4.79 Å². The minimum absolute atomic E-state index is 0.00863. The van der Waals surface area contributed by atoms with Gasteiger partial charge in [0.05, 0.1) is 25.6 Å². The van der Waals surface area contributed by atoms with E-state index in [0.29, 0.717) is 13.0 Å². The molecule has 1 amide bonds. The van der Waals surface area contributed by atoms with Gasteiger partial charge in [-0.05, 0) is 24.8 Å². The van der Waals surface area contributed by atoms with Crippen molar-refractivity contribution < 1.29 is 9.53 Å². The van der Waals surface area contributed by atoms with Crippen LogP contribution in [-0.4, -0.2) is 45.8 Å². The van der Waals surface area contributed by atoms with Crippen LogP contribution in [0, 0.1) is 0 Å². The van der Waals surface area contributed by atoms with E-state index in [-0.39, 0.29) is 11.9 Å². The van der Waals surface area contributed by atoms with Gasteiger partial charge < -0.3 is 14.2 Å². The zero-order valence-corrected chi connectivity index (χ0v) is 14.1. The van der Waals surface area contributed by atoms with Gasteiger partial charge in [0.25, 0.3) is 0 Å². The number of rotatable bonds is 6. The monoisotopic (exact) mass is 328 g/mol. The van der Waals surface area contributed by atoms with Crippen molar-refractivity contribution in [2.75, 3.05) is 20.3 Å². The first kappa shape index (κ1) is 16.6. The summed E-state index contributed by atoms with van der Waals surface area (Å²) in [6, 6.07) is 10.3. The van der Waals surface area contributed by atoms with E-state index in [4.69, 9.17) is 4.74 Å². The normalized spacial score (nSPS) is 17.9. The second-order valence-corrected chi connectivity index (χ2v) is 6.14. The average Bonchev–Trinajstić information content (AvgIpc) is 3.08. The van der Waals surface area contributed by atoms with Gasteiger partial charge in [0, 0.05) is 13.7 Å². The molecule has 2 heterocycles. The van der Waals surface area contributed by atoms with Gasteiger partial charge in [0.15, 0.2) is 5.82 Å². The highest BCUT2D eigenvalue weighted by Gasteiger charge is 2.31. The summed E-state index contributed by atoms with van der Waals surface area (Å²) in [6.07, 6.45) is 5.26. The van der Waals surface area contributed by atoms with Crippen LogP contribution in [0.1, 0.15) is 43.1 Å². The predicted octanol–water partition coefficient (Wildman–Crippen LogP) is 2.42. The molecular formula is C18H24N4O2. The Morgan fingerprint density at radius 3 is 2.92 bits per heavy atom. The van der Waals surface area contributed by atoms with E-state index in [1.54, 1.807) is 13.4 Å². The van der Waals surface area contributed by atoms with E-state index in [9.17, 15) is 4.79 Å². The van der Waals surface area contributed by atoms with E-state index in [2.05, 4.69) is 26.9 Å². The largest absolute Gasteiger partial charge is 0.384 e. The van der Waals surface area contributed by atoms with Crippen LogP contribution in [0.25, 0.3) is 0 Å². The standard InChI is InChI=1S/C18H24N4O2/c1-24-12-10-17(23)22-11-6-5-9-16(22)18-20-19-14-21(18)13-15-7-3-2-4-8-15/h2-4,7-8,14,16H,5-6,9-13H2,1H3. The number of amides is 1. The van der Waals surface area contributed by atoms with Crippen molar-refractivity contribution in [1.82, 2.24) is 19.7 Å². The Morgan fingerprint density at radius 2 is 2.12 bits per heavy atom. The third kappa shape index (κ3) is 3.82. The minimum atomic E-state index is 0.00863. The molecular weight excluding hydrogens is 304 g/mol. The third-order valence-corrected chi connectivity index (χ3v) is 4.48. The zero-order chi connectivity index (χ0) is 16.8. The van der Waals surface area contributed by atoms with E-state index in [1.807, 2.05) is 23.1 Å². The molecule has 0 saturated carbocycles. The lowest BCUT2D eigenvalue weighted by Crippen LogP contribution is -2.40. The first-order valence-electron chi connectivity index (χ1n) is 8.49. The molecule has 3 rings (SSSR count). The van der Waals surface area contributed by atoms with Crippen molar-refractivity contribution in [2.45, 2.75) is 38.3 Å². The van der Waals surface area contributed by atoms with E-state index >= 15 is 0 Å². The maximum atomic E-state index is 12.5. The first-order chi connectivity index (χ1) is 11.8. The molecule has 6 nitrogen and oxygen atoms in total. The van der Waals surface area contributed by atoms with Gasteiger partial charge in [-0.25, -0.2) is 0 Å². The Balaban J connectivity index is 1.79. The highest BCUT2D eigenvalue weighted by atomic mass is 16.5. The highest BCUT2D eigenvalue weighted by molar-refractivity contribution is 5.76. The summed E-state index contributed by atoms with van der Waals surface area (Å²) in [5.41, 5.74) is 1.20. The molecule has 128 valence electrons. The number of aromatic nitrogens is 3. The van der Waals surface area contributed by atoms with Gasteiger partial charge in [-0.2, -0.15) is 0 Å². The lowest BCUT2D eigenvalue weighted by atomic mass is 10.0. The molecule has 1 unspecified atom stereocenters. The van der Waals surface area contributed by atoms with Crippen LogP contribution in [0.15, 0.2) is 36.7 Å². The molecule has 6 heteroatoms. The van der Waals surface area contributed by atoms with E-state index in [1.165, 1.54) is 5.56 Å². The number of ether oxygens (including phenoxy) is 1. The molecule has 24 heavy (non-hydrogen) atoms. The van der Waals surface area contributed by atoms with Crippen molar-refractivity contribution in [3.63, 3.8) is 0 Å². The Labute approximate surface area is 142 Å². The maximum Gasteiger partial charge on any atom is 0.225 e. The highest BCUT2D eigenvalue weighted by Crippen LogP contribution is 2.30. The van der Waals surface area contributed by atoms with Gasteiger partial charge in [-0.1, -0.05) is 30.3 Å². The Hall–Kier alpha value is -2.21. The third-order valence-electron chi connectivity index (χ3n) is 4.48. The molecule has 1 fully saturated rings. The van der Waals surface area contributed by atoms with Crippen molar-refractivity contribution in [1.29, 1.82) is 0 Å². The van der Waals surface area contributed by atoms with Crippen molar-refractivity contribution >= 4 is 5.91 Å². The molecule has 1 aliphatic heterocycles. The number of methoxy groups -OCH3 is 1. The van der Waals surface area contributed by atoms with Gasteiger partial charge >= 0.3 is 0 Å². The summed E-state index contributed by atoms with van der Waals surface area (Å²) in [4.78, 5) is 14.5. The molecule has 1 saturated heterocycles. The second-order valence-electron chi connectivity index (χ2n) is 6.14. The number of carbonyl (C=O) groups excluding carboxylic acids is 1. The first-order valence-corrected chi connectivity index (χ1v) is 8.49. The molecule has 1 aliphatic rings. The van der Waals surface area contributed by atoms with Crippen LogP contribution in [0.2, 0.25) is 0 Å². The van der Waals surface area contributed by atoms with Crippen LogP contribution in [0.5, 0.6) is 0 Å². The van der Waals surface area contributed by atoms with Gasteiger partial charge in [0.2, 0.25) is 5.91 Å². The van der Waals surface area contributed by atoms with Crippen molar-refractivity contribution in [2.24, 2.45) is 0 Å². The molecule has 0 aliphatic carbocycles. The minimum Gasteiger partial charge on any atom is -0.384 e. The molecule has 0 bridgehead atoms. The molecule has 1 atom stereocenters. The fraction of sp³-hybridized carbons (Fsp3) is 0.500. The SMILES string of the molecule is COCCC(=O)N1CCCCC1c1nncn1Cc1ccccc1. The Morgan fingerprint density at radius 1 is 1.29 bits per heavy atom. The Kier molecular flexibility index (Phi) is 5.59. The quantitative estimate of drug-likeness (QED) is 0.817. The molecule has 0 radical (unpaired) electrons. The number of carbonyl (C=O) groups is 1. The number of likely N-dealkylation sites (tertiary alicyclic amines) is 1. The topological polar surface area (TPSA) is 60.2 Å². The van der Waals surface area contributed by atoms with Crippen LogP contribution in [0.4, 0.5) is 0 Å². The smallest absolute Gasteiger partial charge is 0.225 e. The fourth-order valence-electron chi connectivity index (χ4n) is 3.26. The van der Waals surface area contributed by atoms with Crippen molar-refractivity contribution in [3.8, 4) is 0 Å². The van der Waals surface area contributed by atoms with Crippen LogP contribution >= 0.6 is 0 Å². The molecule has 0 N–H and O–H groups in total. The summed E-state index contributed by atoms with van der Waals surface area (Å²) in [6.45, 7) is 1.96. The predicted molar refractivity (Wildman–Crippen MR) is 90.4 cm³/mol. The fourth-order valence-corrected chi connectivity index (χ4v) is 3.26.